The lowest BCUT2D eigenvalue weighted by atomic mass is 9.98. The molecule has 2 amide bonds. The molecule has 1 aliphatic rings. The van der Waals surface area contributed by atoms with Gasteiger partial charge in [-0.25, -0.2) is 4.98 Å². The summed E-state index contributed by atoms with van der Waals surface area (Å²) in [7, 11) is 0. The second kappa shape index (κ2) is 8.32. The fourth-order valence-corrected chi connectivity index (χ4v) is 3.07. The summed E-state index contributed by atoms with van der Waals surface area (Å²) >= 11 is 0. The predicted octanol–water partition coefficient (Wildman–Crippen LogP) is 3.02. The second-order valence-corrected chi connectivity index (χ2v) is 7.30. The first-order chi connectivity index (χ1) is 14.5. The Bertz CT molecular complexity index is 1090. The van der Waals surface area contributed by atoms with Gasteiger partial charge in [0.15, 0.2) is 0 Å². The lowest BCUT2D eigenvalue weighted by molar-refractivity contribution is 0.0950. The molecule has 1 fully saturated rings. The van der Waals surface area contributed by atoms with E-state index in [2.05, 4.69) is 15.3 Å². The van der Waals surface area contributed by atoms with Crippen LogP contribution in [0.5, 0.6) is 5.88 Å². The van der Waals surface area contributed by atoms with Crippen LogP contribution in [0, 0.1) is 6.92 Å². The number of carbonyl (C=O) groups excluding carboxylic acids is 2. The molecule has 2 heterocycles. The molecule has 7 heteroatoms. The van der Waals surface area contributed by atoms with Crippen LogP contribution >= 0.6 is 0 Å². The van der Waals surface area contributed by atoms with Crippen molar-refractivity contribution in [2.45, 2.75) is 32.4 Å². The number of ether oxygens (including phenoxy) is 1. The highest BCUT2D eigenvalue weighted by atomic mass is 16.5. The van der Waals surface area contributed by atoms with E-state index in [0.717, 1.165) is 24.1 Å². The summed E-state index contributed by atoms with van der Waals surface area (Å²) in [4.78, 5) is 33.3. The van der Waals surface area contributed by atoms with Gasteiger partial charge in [0.25, 0.3) is 11.8 Å². The number of aromatic nitrogens is 2. The molecular weight excluding hydrogens is 380 g/mol. The Morgan fingerprint density at radius 1 is 1.17 bits per heavy atom. The third kappa shape index (κ3) is 4.46. The van der Waals surface area contributed by atoms with Crippen LogP contribution in [0.1, 0.15) is 44.8 Å². The van der Waals surface area contributed by atoms with Gasteiger partial charge in [-0.05, 0) is 55.7 Å². The quantitative estimate of drug-likeness (QED) is 0.632. The SMILES string of the molecule is Cc1ccc(C(=O)NC2CC2)cc1-c1nc(OCc2ccccn2)ccc1C(N)=O. The monoisotopic (exact) mass is 402 g/mol. The van der Waals surface area contributed by atoms with Crippen LogP contribution in [0.2, 0.25) is 0 Å². The number of aryl methyl sites for hydroxylation is 1. The van der Waals surface area contributed by atoms with Crippen molar-refractivity contribution >= 4 is 11.8 Å². The maximum absolute atomic E-state index is 12.5. The lowest BCUT2D eigenvalue weighted by Gasteiger charge is -2.13. The number of hydrogen-bond donors (Lipinski definition) is 2. The van der Waals surface area contributed by atoms with Gasteiger partial charge in [0.2, 0.25) is 5.88 Å². The van der Waals surface area contributed by atoms with Crippen LogP contribution in [-0.2, 0) is 6.61 Å². The van der Waals surface area contributed by atoms with Crippen molar-refractivity contribution in [2.75, 3.05) is 0 Å². The predicted molar refractivity (Wildman–Crippen MR) is 112 cm³/mol. The van der Waals surface area contributed by atoms with E-state index in [1.807, 2.05) is 31.2 Å². The van der Waals surface area contributed by atoms with Crippen molar-refractivity contribution in [2.24, 2.45) is 5.73 Å². The van der Waals surface area contributed by atoms with Crippen molar-refractivity contribution in [3.8, 4) is 17.1 Å². The van der Waals surface area contributed by atoms with E-state index in [4.69, 9.17) is 10.5 Å². The molecule has 3 aromatic rings. The zero-order valence-electron chi connectivity index (χ0n) is 16.6. The highest BCUT2D eigenvalue weighted by Gasteiger charge is 2.24. The number of nitrogens with two attached hydrogens (primary N) is 1. The summed E-state index contributed by atoms with van der Waals surface area (Å²) in [6.45, 7) is 2.14. The molecule has 0 aliphatic heterocycles. The van der Waals surface area contributed by atoms with Crippen molar-refractivity contribution in [1.82, 2.24) is 15.3 Å². The van der Waals surface area contributed by atoms with Gasteiger partial charge in [-0.15, -0.1) is 0 Å². The molecule has 3 N–H and O–H groups in total. The number of hydrogen-bond acceptors (Lipinski definition) is 5. The van der Waals surface area contributed by atoms with Gasteiger partial charge in [-0.2, -0.15) is 0 Å². The smallest absolute Gasteiger partial charge is 0.251 e. The van der Waals surface area contributed by atoms with Gasteiger partial charge in [0.05, 0.1) is 17.0 Å². The van der Waals surface area contributed by atoms with Gasteiger partial charge < -0.3 is 15.8 Å². The molecule has 0 spiro atoms. The number of primary amides is 1. The maximum atomic E-state index is 12.5. The van der Waals surface area contributed by atoms with Crippen LogP contribution in [0.15, 0.2) is 54.7 Å². The Labute approximate surface area is 174 Å². The van der Waals surface area contributed by atoms with E-state index >= 15 is 0 Å². The lowest BCUT2D eigenvalue weighted by Crippen LogP contribution is -2.25. The number of carbonyl (C=O) groups is 2. The van der Waals surface area contributed by atoms with Crippen molar-refractivity contribution in [3.63, 3.8) is 0 Å². The molecular formula is C23H22N4O3. The van der Waals surface area contributed by atoms with Crippen molar-refractivity contribution in [1.29, 1.82) is 0 Å². The fourth-order valence-electron chi connectivity index (χ4n) is 3.07. The number of nitrogens with one attached hydrogen (secondary N) is 1. The first-order valence-electron chi connectivity index (χ1n) is 9.76. The topological polar surface area (TPSA) is 107 Å². The summed E-state index contributed by atoms with van der Waals surface area (Å²) in [5.41, 5.74) is 9.04. The van der Waals surface area contributed by atoms with E-state index in [0.29, 0.717) is 22.7 Å². The summed E-state index contributed by atoms with van der Waals surface area (Å²) < 4.78 is 5.76. The molecule has 0 saturated heterocycles. The minimum atomic E-state index is -0.596. The van der Waals surface area contributed by atoms with E-state index in [1.165, 1.54) is 0 Å². The molecule has 152 valence electrons. The first-order valence-corrected chi connectivity index (χ1v) is 9.76. The van der Waals surface area contributed by atoms with Crippen molar-refractivity contribution < 1.29 is 14.3 Å². The molecule has 4 rings (SSSR count). The van der Waals surface area contributed by atoms with Crippen LogP contribution in [0.3, 0.4) is 0 Å². The molecule has 0 atom stereocenters. The highest BCUT2D eigenvalue weighted by molar-refractivity contribution is 6.01. The summed E-state index contributed by atoms with van der Waals surface area (Å²) in [6, 6.07) is 14.4. The Morgan fingerprint density at radius 2 is 2.00 bits per heavy atom. The Kier molecular flexibility index (Phi) is 5.43. The number of nitrogens with zero attached hydrogens (tertiary/aromatic N) is 2. The Balaban J connectivity index is 1.67. The van der Waals surface area contributed by atoms with Gasteiger partial charge >= 0.3 is 0 Å². The van der Waals surface area contributed by atoms with E-state index in [-0.39, 0.29) is 24.1 Å². The van der Waals surface area contributed by atoms with Crippen LogP contribution in [0.4, 0.5) is 0 Å². The van der Waals surface area contributed by atoms with Gasteiger partial charge in [-0.1, -0.05) is 12.1 Å². The van der Waals surface area contributed by atoms with Crippen LogP contribution in [0.25, 0.3) is 11.3 Å². The average Bonchev–Trinajstić information content (AvgIpc) is 3.57. The number of benzene rings is 1. The largest absolute Gasteiger partial charge is 0.471 e. The minimum Gasteiger partial charge on any atom is -0.471 e. The molecule has 30 heavy (non-hydrogen) atoms. The number of rotatable bonds is 7. The van der Waals surface area contributed by atoms with Crippen LogP contribution in [-0.4, -0.2) is 27.8 Å². The number of amides is 2. The second-order valence-electron chi connectivity index (χ2n) is 7.30. The van der Waals surface area contributed by atoms with Gasteiger partial charge in [0.1, 0.15) is 6.61 Å². The van der Waals surface area contributed by atoms with E-state index in [9.17, 15) is 9.59 Å². The first kappa shape index (κ1) is 19.6. The Hall–Kier alpha value is -3.74. The average molecular weight is 402 g/mol. The third-order valence-corrected chi connectivity index (χ3v) is 4.90. The summed E-state index contributed by atoms with van der Waals surface area (Å²) in [5, 5.41) is 2.97. The zero-order chi connectivity index (χ0) is 21.1. The standard InChI is InChI=1S/C23H22N4O3/c1-14-5-6-15(23(29)26-16-7-8-16)12-19(14)21-18(22(24)28)9-10-20(27-21)30-13-17-4-2-3-11-25-17/h2-6,9-12,16H,7-8,13H2,1H3,(H2,24,28)(H,26,29). The van der Waals surface area contributed by atoms with Crippen molar-refractivity contribution in [3.05, 3.63) is 77.1 Å². The third-order valence-electron chi connectivity index (χ3n) is 4.90. The maximum Gasteiger partial charge on any atom is 0.251 e. The molecule has 1 aliphatic carbocycles. The van der Waals surface area contributed by atoms with E-state index < -0.39 is 5.91 Å². The van der Waals surface area contributed by atoms with Crippen LogP contribution < -0.4 is 15.8 Å². The van der Waals surface area contributed by atoms with Gasteiger partial charge in [0, 0.05) is 29.4 Å². The molecule has 0 radical (unpaired) electrons. The molecule has 2 aromatic heterocycles. The van der Waals surface area contributed by atoms with Gasteiger partial charge in [-0.3, -0.25) is 14.6 Å². The molecule has 0 unspecified atom stereocenters. The fraction of sp³-hybridized carbons (Fsp3) is 0.217. The number of pyridine rings is 2. The molecule has 0 bridgehead atoms. The molecule has 7 nitrogen and oxygen atoms in total. The summed E-state index contributed by atoms with van der Waals surface area (Å²) in [5.74, 6) is -0.393. The molecule has 1 aromatic carbocycles. The normalized spacial score (nSPS) is 13.0. The minimum absolute atomic E-state index is 0.137. The zero-order valence-corrected chi connectivity index (χ0v) is 16.6. The Morgan fingerprint density at radius 3 is 2.70 bits per heavy atom. The summed E-state index contributed by atoms with van der Waals surface area (Å²) in [6.07, 6.45) is 3.70. The van der Waals surface area contributed by atoms with E-state index in [1.54, 1.807) is 30.5 Å². The highest BCUT2D eigenvalue weighted by Crippen LogP contribution is 2.29. The molecule has 1 saturated carbocycles.